The first-order valence-electron chi connectivity index (χ1n) is 9.00. The summed E-state index contributed by atoms with van der Waals surface area (Å²) in [5.41, 5.74) is 8.28. The van der Waals surface area contributed by atoms with E-state index in [4.69, 9.17) is 5.73 Å². The molecule has 26 heavy (non-hydrogen) atoms. The standard InChI is InChI=1S/C21H25N3O2/c1-15(20(22)17-10-6-3-7-11-17)21(26)24-13-12-23-19(25)14-18(24)16-8-4-2-5-9-16/h2-11,15,18,20H,12-14,22H2,1H3,(H,23,25). The number of carbonyl (C=O) groups excluding carboxylic acids is 2. The highest BCUT2D eigenvalue weighted by Crippen LogP contribution is 2.29. The molecule has 2 amide bonds. The van der Waals surface area contributed by atoms with Crippen molar-refractivity contribution in [1.82, 2.24) is 10.2 Å². The van der Waals surface area contributed by atoms with Crippen molar-refractivity contribution < 1.29 is 9.59 Å². The summed E-state index contributed by atoms with van der Waals surface area (Å²) in [5, 5.41) is 2.86. The maximum Gasteiger partial charge on any atom is 0.227 e. The molecule has 0 saturated carbocycles. The van der Waals surface area contributed by atoms with E-state index in [2.05, 4.69) is 5.32 Å². The molecule has 136 valence electrons. The topological polar surface area (TPSA) is 75.4 Å². The maximum atomic E-state index is 13.3. The number of nitrogens with two attached hydrogens (primary N) is 1. The lowest BCUT2D eigenvalue weighted by Gasteiger charge is -2.33. The van der Waals surface area contributed by atoms with Gasteiger partial charge in [-0.2, -0.15) is 0 Å². The number of rotatable bonds is 4. The Morgan fingerprint density at radius 2 is 1.73 bits per heavy atom. The third-order valence-electron chi connectivity index (χ3n) is 5.01. The third-order valence-corrected chi connectivity index (χ3v) is 5.01. The molecule has 1 aliphatic rings. The predicted octanol–water partition coefficient (Wildman–Crippen LogP) is 2.41. The van der Waals surface area contributed by atoms with Crippen molar-refractivity contribution in [3.05, 3.63) is 71.8 Å². The van der Waals surface area contributed by atoms with E-state index in [1.54, 1.807) is 4.90 Å². The van der Waals surface area contributed by atoms with Crippen molar-refractivity contribution in [2.45, 2.75) is 25.4 Å². The molecule has 1 heterocycles. The second kappa shape index (κ2) is 8.15. The van der Waals surface area contributed by atoms with Crippen LogP contribution in [0.4, 0.5) is 0 Å². The van der Waals surface area contributed by atoms with Gasteiger partial charge in [0.25, 0.3) is 0 Å². The Balaban J connectivity index is 1.85. The van der Waals surface area contributed by atoms with Crippen molar-refractivity contribution in [3.63, 3.8) is 0 Å². The second-order valence-corrected chi connectivity index (χ2v) is 6.74. The Hall–Kier alpha value is -2.66. The number of benzene rings is 2. The summed E-state index contributed by atoms with van der Waals surface area (Å²) in [5.74, 6) is -0.433. The van der Waals surface area contributed by atoms with Crippen LogP contribution < -0.4 is 11.1 Å². The van der Waals surface area contributed by atoms with Gasteiger partial charge in [-0.25, -0.2) is 0 Å². The zero-order chi connectivity index (χ0) is 18.5. The monoisotopic (exact) mass is 351 g/mol. The van der Waals surface area contributed by atoms with Gasteiger partial charge in [0.05, 0.1) is 18.4 Å². The fourth-order valence-electron chi connectivity index (χ4n) is 3.45. The molecule has 3 unspecified atom stereocenters. The van der Waals surface area contributed by atoms with Crippen molar-refractivity contribution in [2.24, 2.45) is 11.7 Å². The van der Waals surface area contributed by atoms with Gasteiger partial charge in [-0.3, -0.25) is 9.59 Å². The SMILES string of the molecule is CC(C(=O)N1CCNC(=O)CC1c1ccccc1)C(N)c1ccccc1. The zero-order valence-corrected chi connectivity index (χ0v) is 15.0. The molecule has 0 spiro atoms. The van der Waals surface area contributed by atoms with Crippen LogP contribution in [0.2, 0.25) is 0 Å². The first-order chi connectivity index (χ1) is 12.6. The van der Waals surface area contributed by atoms with Crippen LogP contribution >= 0.6 is 0 Å². The van der Waals surface area contributed by atoms with Gasteiger partial charge in [0.15, 0.2) is 0 Å². The molecule has 2 aromatic carbocycles. The summed E-state index contributed by atoms with van der Waals surface area (Å²) in [6, 6.07) is 18.7. The van der Waals surface area contributed by atoms with Gasteiger partial charge < -0.3 is 16.0 Å². The molecule has 3 atom stereocenters. The predicted molar refractivity (Wildman–Crippen MR) is 101 cm³/mol. The smallest absolute Gasteiger partial charge is 0.227 e. The Labute approximate surface area is 154 Å². The minimum Gasteiger partial charge on any atom is -0.354 e. The van der Waals surface area contributed by atoms with Crippen molar-refractivity contribution in [1.29, 1.82) is 0 Å². The molecule has 1 fully saturated rings. The molecule has 3 N–H and O–H groups in total. The number of nitrogens with one attached hydrogen (secondary N) is 1. The molecule has 0 aliphatic carbocycles. The first kappa shape index (κ1) is 18.1. The minimum absolute atomic E-state index is 0.0216. The molecule has 2 aromatic rings. The van der Waals surface area contributed by atoms with Crippen LogP contribution in [0.5, 0.6) is 0 Å². The van der Waals surface area contributed by atoms with Gasteiger partial charge in [0, 0.05) is 19.1 Å². The molecule has 1 saturated heterocycles. The van der Waals surface area contributed by atoms with E-state index >= 15 is 0 Å². The number of carbonyl (C=O) groups is 2. The largest absolute Gasteiger partial charge is 0.354 e. The van der Waals surface area contributed by atoms with E-state index in [1.165, 1.54) is 0 Å². The molecule has 3 rings (SSSR count). The molecule has 0 radical (unpaired) electrons. The fourth-order valence-corrected chi connectivity index (χ4v) is 3.45. The molecule has 0 bridgehead atoms. The quantitative estimate of drug-likeness (QED) is 0.888. The first-order valence-corrected chi connectivity index (χ1v) is 9.00. The van der Waals surface area contributed by atoms with Crippen LogP contribution in [0.1, 0.15) is 36.6 Å². The summed E-state index contributed by atoms with van der Waals surface area (Å²) in [6.45, 7) is 2.80. The van der Waals surface area contributed by atoms with Gasteiger partial charge in [-0.1, -0.05) is 67.6 Å². The van der Waals surface area contributed by atoms with Crippen LogP contribution in [0.3, 0.4) is 0 Å². The Morgan fingerprint density at radius 3 is 2.38 bits per heavy atom. The Morgan fingerprint density at radius 1 is 1.12 bits per heavy atom. The second-order valence-electron chi connectivity index (χ2n) is 6.74. The number of nitrogens with zero attached hydrogens (tertiary/aromatic N) is 1. The van der Waals surface area contributed by atoms with Gasteiger partial charge in [-0.15, -0.1) is 0 Å². The number of hydrogen-bond donors (Lipinski definition) is 2. The fraction of sp³-hybridized carbons (Fsp3) is 0.333. The van der Waals surface area contributed by atoms with E-state index in [0.29, 0.717) is 13.1 Å². The molecular weight excluding hydrogens is 326 g/mol. The Kier molecular flexibility index (Phi) is 5.68. The van der Waals surface area contributed by atoms with Crippen LogP contribution in [0, 0.1) is 5.92 Å². The van der Waals surface area contributed by atoms with E-state index in [0.717, 1.165) is 11.1 Å². The lowest BCUT2D eigenvalue weighted by atomic mass is 9.92. The average molecular weight is 351 g/mol. The van der Waals surface area contributed by atoms with Crippen LogP contribution in [0.25, 0.3) is 0 Å². The lowest BCUT2D eigenvalue weighted by molar-refractivity contribution is -0.138. The lowest BCUT2D eigenvalue weighted by Crippen LogP contribution is -2.42. The van der Waals surface area contributed by atoms with Gasteiger partial charge in [0.2, 0.25) is 11.8 Å². The summed E-state index contributed by atoms with van der Waals surface area (Å²) in [7, 11) is 0. The highest BCUT2D eigenvalue weighted by atomic mass is 16.2. The van der Waals surface area contributed by atoms with Crippen molar-refractivity contribution in [2.75, 3.05) is 13.1 Å². The summed E-state index contributed by atoms with van der Waals surface area (Å²) >= 11 is 0. The van der Waals surface area contributed by atoms with Gasteiger partial charge in [0.1, 0.15) is 0 Å². The molecule has 5 nitrogen and oxygen atoms in total. The molecular formula is C21H25N3O2. The highest BCUT2D eigenvalue weighted by molar-refractivity contribution is 5.83. The number of hydrogen-bond acceptors (Lipinski definition) is 3. The van der Waals surface area contributed by atoms with Gasteiger partial charge >= 0.3 is 0 Å². The van der Waals surface area contributed by atoms with Crippen LogP contribution in [-0.2, 0) is 9.59 Å². The third kappa shape index (κ3) is 3.94. The Bertz CT molecular complexity index is 748. The minimum atomic E-state index is -0.382. The van der Waals surface area contributed by atoms with Crippen molar-refractivity contribution in [3.8, 4) is 0 Å². The highest BCUT2D eigenvalue weighted by Gasteiger charge is 2.34. The normalized spacial score (nSPS) is 20.0. The average Bonchev–Trinajstić information content (AvgIpc) is 2.89. The molecule has 1 aliphatic heterocycles. The summed E-state index contributed by atoms with van der Waals surface area (Å²) in [4.78, 5) is 27.2. The van der Waals surface area contributed by atoms with Crippen molar-refractivity contribution >= 4 is 11.8 Å². The van der Waals surface area contributed by atoms with Gasteiger partial charge in [-0.05, 0) is 11.1 Å². The summed E-state index contributed by atoms with van der Waals surface area (Å²) in [6.07, 6.45) is 0.267. The summed E-state index contributed by atoms with van der Waals surface area (Å²) < 4.78 is 0. The maximum absolute atomic E-state index is 13.3. The molecule has 0 aromatic heterocycles. The number of amides is 2. The van der Waals surface area contributed by atoms with Crippen LogP contribution in [0.15, 0.2) is 60.7 Å². The molecule has 5 heteroatoms. The van der Waals surface area contributed by atoms with Crippen LogP contribution in [-0.4, -0.2) is 29.8 Å². The van der Waals surface area contributed by atoms with E-state index < -0.39 is 0 Å². The van der Waals surface area contributed by atoms with E-state index in [1.807, 2.05) is 67.6 Å². The van der Waals surface area contributed by atoms with E-state index in [9.17, 15) is 9.59 Å². The van der Waals surface area contributed by atoms with E-state index in [-0.39, 0.29) is 36.2 Å². The zero-order valence-electron chi connectivity index (χ0n) is 15.0.